The molecule has 0 N–H and O–H groups in total. The molecule has 0 fully saturated rings. The quantitative estimate of drug-likeness (QED) is 0.176. The van der Waals surface area contributed by atoms with Crippen LogP contribution in [0.25, 0.3) is 92.9 Å². The number of hydrogen-bond acceptors (Lipinski definition) is 2. The first-order chi connectivity index (χ1) is 28.2. The third kappa shape index (κ3) is 5.06. The van der Waals surface area contributed by atoms with E-state index in [0.29, 0.717) is 0 Å². The molecule has 0 aliphatic rings. The monoisotopic (exact) mass is 726 g/mol. The predicted octanol–water partition coefficient (Wildman–Crippen LogP) is 15.3. The van der Waals surface area contributed by atoms with Crippen molar-refractivity contribution in [2.24, 2.45) is 0 Å². The molecule has 10 aromatic carbocycles. The van der Waals surface area contributed by atoms with E-state index in [4.69, 9.17) is 4.42 Å². The van der Waals surface area contributed by atoms with E-state index in [1.807, 2.05) is 0 Å². The Labute approximate surface area is 328 Å². The number of para-hydroxylation sites is 1. The fourth-order valence-electron chi connectivity index (χ4n) is 8.94. The molecule has 0 spiro atoms. The summed E-state index contributed by atoms with van der Waals surface area (Å²) in [5.41, 5.74) is 10.9. The summed E-state index contributed by atoms with van der Waals surface area (Å²) in [4.78, 5) is 2.38. The van der Waals surface area contributed by atoms with Crippen molar-refractivity contribution >= 4 is 93.1 Å². The Balaban J connectivity index is 1.05. The topological polar surface area (TPSA) is 21.3 Å². The Bertz CT molecular complexity index is 3530. The van der Waals surface area contributed by atoms with Crippen LogP contribution < -0.4 is 4.90 Å². The summed E-state index contributed by atoms with van der Waals surface area (Å²) in [6.07, 6.45) is 0. The Morgan fingerprint density at radius 2 is 0.912 bits per heavy atom. The second kappa shape index (κ2) is 12.5. The molecular formula is C54H34N2O. The molecule has 266 valence electrons. The zero-order valence-electron chi connectivity index (χ0n) is 30.9. The first kappa shape index (κ1) is 31.7. The molecule has 0 bridgehead atoms. The van der Waals surface area contributed by atoms with Crippen molar-refractivity contribution in [3.05, 3.63) is 206 Å². The largest absolute Gasteiger partial charge is 0.455 e. The van der Waals surface area contributed by atoms with Crippen LogP contribution in [0.3, 0.4) is 0 Å². The third-order valence-corrected chi connectivity index (χ3v) is 11.7. The molecule has 0 amide bonds. The van der Waals surface area contributed by atoms with Gasteiger partial charge in [-0.2, -0.15) is 0 Å². The predicted molar refractivity (Wildman–Crippen MR) is 241 cm³/mol. The molecule has 0 saturated heterocycles. The van der Waals surface area contributed by atoms with Crippen molar-refractivity contribution < 1.29 is 4.42 Å². The van der Waals surface area contributed by atoms with Gasteiger partial charge in [-0.25, -0.2) is 0 Å². The first-order valence-electron chi connectivity index (χ1n) is 19.5. The van der Waals surface area contributed by atoms with Gasteiger partial charge in [0.05, 0.1) is 11.0 Å². The normalized spacial score (nSPS) is 11.9. The van der Waals surface area contributed by atoms with Crippen LogP contribution in [-0.4, -0.2) is 4.57 Å². The molecule has 2 aromatic heterocycles. The molecule has 12 aromatic rings. The van der Waals surface area contributed by atoms with Crippen LogP contribution in [0.5, 0.6) is 0 Å². The summed E-state index contributed by atoms with van der Waals surface area (Å²) in [6, 6.07) is 74.7. The number of rotatable bonds is 5. The fourth-order valence-corrected chi connectivity index (χ4v) is 8.94. The van der Waals surface area contributed by atoms with Crippen molar-refractivity contribution in [3.8, 4) is 16.8 Å². The van der Waals surface area contributed by atoms with E-state index >= 15 is 0 Å². The zero-order valence-corrected chi connectivity index (χ0v) is 30.9. The molecule has 3 heteroatoms. The summed E-state index contributed by atoms with van der Waals surface area (Å²) < 4.78 is 8.96. The van der Waals surface area contributed by atoms with Crippen LogP contribution in [0.4, 0.5) is 17.1 Å². The molecule has 0 radical (unpaired) electrons. The highest BCUT2D eigenvalue weighted by Crippen LogP contribution is 2.43. The summed E-state index contributed by atoms with van der Waals surface area (Å²) in [5.74, 6) is 0. The van der Waals surface area contributed by atoms with Crippen LogP contribution in [0.1, 0.15) is 0 Å². The van der Waals surface area contributed by atoms with Gasteiger partial charge >= 0.3 is 0 Å². The van der Waals surface area contributed by atoms with E-state index < -0.39 is 0 Å². The van der Waals surface area contributed by atoms with Crippen LogP contribution >= 0.6 is 0 Å². The molecule has 0 saturated carbocycles. The van der Waals surface area contributed by atoms with Gasteiger partial charge < -0.3 is 13.9 Å². The lowest BCUT2D eigenvalue weighted by molar-refractivity contribution is 0.672. The third-order valence-electron chi connectivity index (χ3n) is 11.7. The van der Waals surface area contributed by atoms with Crippen molar-refractivity contribution in [1.82, 2.24) is 4.57 Å². The maximum atomic E-state index is 6.56. The number of benzene rings is 10. The Morgan fingerprint density at radius 1 is 0.333 bits per heavy atom. The molecular weight excluding hydrogens is 693 g/mol. The average molecular weight is 727 g/mol. The summed E-state index contributed by atoms with van der Waals surface area (Å²) >= 11 is 0. The smallest absolute Gasteiger partial charge is 0.143 e. The van der Waals surface area contributed by atoms with Gasteiger partial charge in [0, 0.05) is 49.7 Å². The minimum absolute atomic E-state index is 0.880. The summed E-state index contributed by atoms with van der Waals surface area (Å²) in [6.45, 7) is 0. The molecule has 2 heterocycles. The average Bonchev–Trinajstić information content (AvgIpc) is 3.82. The molecule has 0 unspecified atom stereocenters. The number of anilines is 3. The van der Waals surface area contributed by atoms with Gasteiger partial charge in [-0.15, -0.1) is 0 Å². The molecule has 0 aliphatic heterocycles. The highest BCUT2D eigenvalue weighted by Gasteiger charge is 2.20. The van der Waals surface area contributed by atoms with E-state index in [2.05, 4.69) is 216 Å². The van der Waals surface area contributed by atoms with Gasteiger partial charge in [-0.3, -0.25) is 0 Å². The highest BCUT2D eigenvalue weighted by molar-refractivity contribution is 6.16. The number of aromatic nitrogens is 1. The van der Waals surface area contributed by atoms with Gasteiger partial charge in [0.2, 0.25) is 0 Å². The van der Waals surface area contributed by atoms with Crippen LogP contribution in [-0.2, 0) is 0 Å². The molecule has 3 nitrogen and oxygen atoms in total. The van der Waals surface area contributed by atoms with E-state index in [-0.39, 0.29) is 0 Å². The van der Waals surface area contributed by atoms with Gasteiger partial charge in [0.15, 0.2) is 0 Å². The first-order valence-corrected chi connectivity index (χ1v) is 19.5. The number of hydrogen-bond donors (Lipinski definition) is 0. The van der Waals surface area contributed by atoms with E-state index in [1.165, 1.54) is 59.9 Å². The molecule has 0 aliphatic carbocycles. The maximum Gasteiger partial charge on any atom is 0.143 e. The number of nitrogens with zero attached hydrogens (tertiary/aromatic N) is 2. The second-order valence-corrected chi connectivity index (χ2v) is 15.0. The molecule has 0 atom stereocenters. The lowest BCUT2D eigenvalue weighted by atomic mass is 10.0. The zero-order chi connectivity index (χ0) is 37.5. The minimum atomic E-state index is 0.880. The van der Waals surface area contributed by atoms with Gasteiger partial charge in [0.25, 0.3) is 0 Å². The van der Waals surface area contributed by atoms with E-state index in [9.17, 15) is 0 Å². The van der Waals surface area contributed by atoms with Gasteiger partial charge in [-0.05, 0) is 117 Å². The van der Waals surface area contributed by atoms with Crippen LogP contribution in [0.2, 0.25) is 0 Å². The maximum absolute atomic E-state index is 6.56. The molecule has 57 heavy (non-hydrogen) atoms. The fraction of sp³-hybridized carbons (Fsp3) is 0. The second-order valence-electron chi connectivity index (χ2n) is 15.0. The summed E-state index contributed by atoms with van der Waals surface area (Å²) in [5, 5.41) is 11.9. The van der Waals surface area contributed by atoms with Crippen molar-refractivity contribution in [3.63, 3.8) is 0 Å². The van der Waals surface area contributed by atoms with Gasteiger partial charge in [-0.1, -0.05) is 127 Å². The van der Waals surface area contributed by atoms with E-state index in [1.54, 1.807) is 0 Å². The standard InChI is InChI=1S/C54H34N2O/c1-3-12-39-31-41(18-17-35(39)9-1)37-19-23-42(24-20-37)55(45-27-30-53-50(34-45)48-28-22-38-11-5-6-14-46(38)54(48)57-53)44-26-29-52-49(33-44)47-15-7-8-16-51(47)56(52)43-25-21-36-10-2-4-13-40(36)32-43/h1-34H. The van der Waals surface area contributed by atoms with Crippen LogP contribution in [0.15, 0.2) is 211 Å². The minimum Gasteiger partial charge on any atom is -0.455 e. The molecule has 12 rings (SSSR count). The number of furan rings is 1. The SMILES string of the molecule is c1ccc2cc(-c3ccc(N(c4ccc5oc6c7ccccc7ccc6c5c4)c4ccc5c(c4)c4ccccc4n5-c4ccc5ccccc5c4)cc3)ccc2c1. The number of fused-ring (bicyclic) bond motifs is 10. The summed E-state index contributed by atoms with van der Waals surface area (Å²) in [7, 11) is 0. The Kier molecular flexibility index (Phi) is 6.93. The lowest BCUT2D eigenvalue weighted by Gasteiger charge is -2.26. The van der Waals surface area contributed by atoms with E-state index in [0.717, 1.165) is 50.1 Å². The Hall–Kier alpha value is -7.62. The Morgan fingerprint density at radius 3 is 1.72 bits per heavy atom. The van der Waals surface area contributed by atoms with Gasteiger partial charge in [0.1, 0.15) is 11.2 Å². The lowest BCUT2D eigenvalue weighted by Crippen LogP contribution is -2.09. The highest BCUT2D eigenvalue weighted by atomic mass is 16.3. The van der Waals surface area contributed by atoms with Crippen molar-refractivity contribution in [1.29, 1.82) is 0 Å². The van der Waals surface area contributed by atoms with Crippen molar-refractivity contribution in [2.45, 2.75) is 0 Å². The van der Waals surface area contributed by atoms with Crippen LogP contribution in [0, 0.1) is 0 Å². The van der Waals surface area contributed by atoms with Crippen molar-refractivity contribution in [2.75, 3.05) is 4.90 Å².